The Labute approximate surface area is 199 Å². The number of hydrogen-bond acceptors (Lipinski definition) is 5. The van der Waals surface area contributed by atoms with Gasteiger partial charge in [-0.1, -0.05) is 36.4 Å². The Balaban J connectivity index is 2.16. The summed E-state index contributed by atoms with van der Waals surface area (Å²) in [6.45, 7) is 8.98. The fraction of sp³-hybridized carbons (Fsp3) is 0.370. The van der Waals surface area contributed by atoms with Gasteiger partial charge in [0.15, 0.2) is 5.54 Å². The molecule has 0 N–H and O–H groups in total. The van der Waals surface area contributed by atoms with E-state index in [0.717, 1.165) is 5.56 Å². The molecule has 0 spiro atoms. The first-order chi connectivity index (χ1) is 16.0. The number of amides is 1. The van der Waals surface area contributed by atoms with E-state index in [4.69, 9.17) is 9.47 Å². The number of fused-ring (bicyclic) bond motifs is 1. The summed E-state index contributed by atoms with van der Waals surface area (Å²) in [4.78, 5) is 28.4. The van der Waals surface area contributed by atoms with Crippen LogP contribution in [-0.2, 0) is 32.8 Å². The lowest BCUT2D eigenvalue weighted by atomic mass is 9.79. The zero-order chi connectivity index (χ0) is 25.1. The number of nitrogens with zero attached hydrogens (tertiary/aromatic N) is 2. The van der Waals surface area contributed by atoms with Crippen LogP contribution in [0.1, 0.15) is 49.4 Å². The highest BCUT2D eigenvalue weighted by molar-refractivity contribution is 5.89. The van der Waals surface area contributed by atoms with Crippen molar-refractivity contribution in [2.75, 3.05) is 7.05 Å². The second-order valence-corrected chi connectivity index (χ2v) is 9.39. The summed E-state index contributed by atoms with van der Waals surface area (Å²) < 4.78 is 25.8. The Morgan fingerprint density at radius 1 is 1.29 bits per heavy atom. The van der Waals surface area contributed by atoms with Crippen LogP contribution >= 0.6 is 0 Å². The molecule has 0 saturated heterocycles. The molecule has 2 aromatic carbocycles. The van der Waals surface area contributed by atoms with Gasteiger partial charge in [-0.05, 0) is 62.4 Å². The van der Waals surface area contributed by atoms with Crippen LogP contribution in [0.4, 0.5) is 9.18 Å². The zero-order valence-corrected chi connectivity index (χ0v) is 19.9. The minimum absolute atomic E-state index is 0.00791. The van der Waals surface area contributed by atoms with Crippen molar-refractivity contribution >= 4 is 12.1 Å². The monoisotopic (exact) mass is 464 g/mol. The van der Waals surface area contributed by atoms with Crippen molar-refractivity contribution in [2.45, 2.75) is 51.4 Å². The molecule has 0 saturated carbocycles. The molecule has 7 heteroatoms. The van der Waals surface area contributed by atoms with Gasteiger partial charge < -0.3 is 9.47 Å². The van der Waals surface area contributed by atoms with Crippen LogP contribution in [0.2, 0.25) is 0 Å². The Kier molecular flexibility index (Phi) is 7.11. The highest BCUT2D eigenvalue weighted by atomic mass is 19.1. The summed E-state index contributed by atoms with van der Waals surface area (Å²) in [5, 5.41) is 9.45. The van der Waals surface area contributed by atoms with Gasteiger partial charge in [0.2, 0.25) is 0 Å². The summed E-state index contributed by atoms with van der Waals surface area (Å²) in [5.41, 5.74) is -0.965. The number of ether oxygens (including phenoxy) is 2. The molecular formula is C27H29FN2O4. The van der Waals surface area contributed by atoms with Gasteiger partial charge >= 0.3 is 12.1 Å². The first kappa shape index (κ1) is 25.0. The Hall–Kier alpha value is -3.66. The summed E-state index contributed by atoms with van der Waals surface area (Å²) >= 11 is 0. The van der Waals surface area contributed by atoms with E-state index in [2.05, 4.69) is 6.58 Å². The van der Waals surface area contributed by atoms with Gasteiger partial charge in [0, 0.05) is 13.0 Å². The predicted molar refractivity (Wildman–Crippen MR) is 125 cm³/mol. The van der Waals surface area contributed by atoms with Crippen molar-refractivity contribution in [1.82, 2.24) is 4.90 Å². The molecule has 1 aliphatic carbocycles. The fourth-order valence-corrected chi connectivity index (χ4v) is 4.49. The molecular weight excluding hydrogens is 435 g/mol. The number of nitriles is 1. The summed E-state index contributed by atoms with van der Waals surface area (Å²) in [6.07, 6.45) is 1.58. The highest BCUT2D eigenvalue weighted by Gasteiger charge is 2.58. The lowest BCUT2D eigenvalue weighted by Crippen LogP contribution is -2.57. The molecule has 0 unspecified atom stereocenters. The van der Waals surface area contributed by atoms with Gasteiger partial charge in [0.25, 0.3) is 0 Å². The maximum absolute atomic E-state index is 14.5. The number of halogens is 1. The van der Waals surface area contributed by atoms with Crippen LogP contribution in [0, 0.1) is 23.1 Å². The third kappa shape index (κ3) is 4.67. The van der Waals surface area contributed by atoms with Crippen molar-refractivity contribution in [3.63, 3.8) is 0 Å². The second-order valence-electron chi connectivity index (χ2n) is 9.39. The molecule has 2 atom stereocenters. The Morgan fingerprint density at radius 2 is 1.97 bits per heavy atom. The number of carbonyl (C=O) groups is 2. The van der Waals surface area contributed by atoms with Crippen molar-refractivity contribution < 1.29 is 23.5 Å². The number of benzene rings is 2. The molecule has 0 radical (unpaired) electrons. The Bertz CT molecular complexity index is 1130. The van der Waals surface area contributed by atoms with Crippen molar-refractivity contribution in [1.29, 1.82) is 5.26 Å². The Morgan fingerprint density at radius 3 is 2.56 bits per heavy atom. The topological polar surface area (TPSA) is 79.6 Å². The van der Waals surface area contributed by atoms with E-state index in [1.165, 1.54) is 24.1 Å². The molecule has 0 fully saturated rings. The number of carbonyl (C=O) groups excluding carboxylic acids is 2. The lowest BCUT2D eigenvalue weighted by Gasteiger charge is -2.42. The summed E-state index contributed by atoms with van der Waals surface area (Å²) in [6, 6.07) is 13.6. The molecule has 0 heterocycles. The number of esters is 1. The van der Waals surface area contributed by atoms with E-state index in [0.29, 0.717) is 24.0 Å². The van der Waals surface area contributed by atoms with E-state index in [-0.39, 0.29) is 12.2 Å². The maximum Gasteiger partial charge on any atom is 0.411 e. The number of hydrogen-bond donors (Lipinski definition) is 0. The fourth-order valence-electron chi connectivity index (χ4n) is 4.49. The van der Waals surface area contributed by atoms with Crippen LogP contribution < -0.4 is 0 Å². The number of allylic oxidation sites excluding steroid dienone is 1. The molecule has 178 valence electrons. The van der Waals surface area contributed by atoms with Gasteiger partial charge in [-0.2, -0.15) is 5.26 Å². The third-order valence-electron chi connectivity index (χ3n) is 5.95. The average molecular weight is 465 g/mol. The van der Waals surface area contributed by atoms with Crippen LogP contribution in [0.3, 0.4) is 0 Å². The van der Waals surface area contributed by atoms with E-state index in [1.54, 1.807) is 26.8 Å². The first-order valence-corrected chi connectivity index (χ1v) is 11.1. The highest BCUT2D eigenvalue weighted by Crippen LogP contribution is 2.49. The molecule has 0 bridgehead atoms. The van der Waals surface area contributed by atoms with Crippen LogP contribution in [0.15, 0.2) is 55.1 Å². The molecule has 6 nitrogen and oxygen atoms in total. The van der Waals surface area contributed by atoms with E-state index >= 15 is 0 Å². The molecule has 0 aliphatic heterocycles. The summed E-state index contributed by atoms with van der Waals surface area (Å²) in [5.74, 6) is -1.84. The summed E-state index contributed by atoms with van der Waals surface area (Å²) in [7, 11) is 1.47. The first-order valence-electron chi connectivity index (χ1n) is 11.1. The average Bonchev–Trinajstić information content (AvgIpc) is 3.09. The smallest absolute Gasteiger partial charge is 0.411 e. The predicted octanol–water partition coefficient (Wildman–Crippen LogP) is 5.25. The van der Waals surface area contributed by atoms with Crippen LogP contribution in [0.25, 0.3) is 0 Å². The van der Waals surface area contributed by atoms with E-state index in [9.17, 15) is 19.2 Å². The molecule has 1 aliphatic rings. The number of likely N-dealkylation sites (N-methyl/N-ethyl adjacent to an activating group) is 1. The van der Waals surface area contributed by atoms with Crippen molar-refractivity contribution in [3.8, 4) is 6.07 Å². The minimum atomic E-state index is -1.63. The van der Waals surface area contributed by atoms with Crippen molar-refractivity contribution in [2.24, 2.45) is 5.92 Å². The molecule has 34 heavy (non-hydrogen) atoms. The molecule has 1 amide bonds. The molecule has 3 rings (SSSR count). The quantitative estimate of drug-likeness (QED) is 0.431. The van der Waals surface area contributed by atoms with Gasteiger partial charge in [-0.3, -0.25) is 4.90 Å². The maximum atomic E-state index is 14.5. The largest absolute Gasteiger partial charge is 0.459 e. The molecule has 0 aromatic heterocycles. The molecule has 2 aromatic rings. The second kappa shape index (κ2) is 9.68. The minimum Gasteiger partial charge on any atom is -0.459 e. The standard InChI is InChI=1S/C27H29FN2O4/c1-6-10-21-13-19-15-23(28)20(16-29)14-22(19)27(21,30(5)25(32)34-26(2,3)4)24(31)33-17-18-11-8-7-9-12-18/h6-9,11-12,14-15,21H,1,10,13,17H2,2-5H3/t21-,27+/m0/s1. The van der Waals surface area contributed by atoms with Crippen molar-refractivity contribution in [3.05, 3.63) is 83.2 Å². The lowest BCUT2D eigenvalue weighted by molar-refractivity contribution is -0.163. The SMILES string of the molecule is C=CC[C@H]1Cc2cc(F)c(C#N)cc2[C@]1(C(=O)OCc1ccccc1)N(C)C(=O)OC(C)(C)C. The van der Waals surface area contributed by atoms with E-state index < -0.39 is 34.9 Å². The normalized spacial score (nSPS) is 19.0. The number of rotatable bonds is 6. The van der Waals surface area contributed by atoms with Gasteiger partial charge in [0.05, 0.1) is 5.56 Å². The third-order valence-corrected chi connectivity index (χ3v) is 5.95. The van der Waals surface area contributed by atoms with E-state index in [1.807, 2.05) is 36.4 Å². The van der Waals surface area contributed by atoms with Gasteiger partial charge in [-0.25, -0.2) is 14.0 Å². The van der Waals surface area contributed by atoms with Crippen LogP contribution in [-0.4, -0.2) is 29.6 Å². The zero-order valence-electron chi connectivity index (χ0n) is 19.9. The van der Waals surface area contributed by atoms with Gasteiger partial charge in [-0.15, -0.1) is 6.58 Å². The van der Waals surface area contributed by atoms with Crippen LogP contribution in [0.5, 0.6) is 0 Å². The van der Waals surface area contributed by atoms with Gasteiger partial charge in [0.1, 0.15) is 24.1 Å².